The van der Waals surface area contributed by atoms with E-state index in [1.54, 1.807) is 18.3 Å². The van der Waals surface area contributed by atoms with Gasteiger partial charge in [-0.15, -0.1) is 0 Å². The third-order valence-electron chi connectivity index (χ3n) is 3.84. The Morgan fingerprint density at radius 3 is 2.62 bits per heavy atom. The van der Waals surface area contributed by atoms with Gasteiger partial charge in [-0.3, -0.25) is 4.79 Å². The molecule has 2 heterocycles. The van der Waals surface area contributed by atoms with E-state index in [1.807, 2.05) is 24.3 Å². The van der Waals surface area contributed by atoms with Gasteiger partial charge in [0.2, 0.25) is 0 Å². The third-order valence-corrected chi connectivity index (χ3v) is 4.33. The molecule has 2 aromatic rings. The highest BCUT2D eigenvalue weighted by molar-refractivity contribution is 9.10. The number of rotatable bonds is 3. The van der Waals surface area contributed by atoms with Crippen LogP contribution in [0.25, 0.3) is 0 Å². The number of nitrogens with one attached hydrogen (secondary N) is 1. The Hall–Kier alpha value is -1.92. The number of nitrogens with zero attached hydrogens (tertiary/aromatic N) is 2. The van der Waals surface area contributed by atoms with Crippen LogP contribution >= 0.6 is 15.9 Å². The fourth-order valence-corrected chi connectivity index (χ4v) is 3.24. The molecule has 1 aromatic carbocycles. The zero-order chi connectivity index (χ0) is 17.1. The lowest BCUT2D eigenvalue weighted by Crippen LogP contribution is -2.45. The minimum absolute atomic E-state index is 0.153. The fraction of sp³-hybridized carbons (Fsp3) is 0.333. The highest BCUT2D eigenvalue weighted by Crippen LogP contribution is 2.20. The van der Waals surface area contributed by atoms with Crippen LogP contribution in [0.5, 0.6) is 0 Å². The maximum absolute atomic E-state index is 12.3. The number of amides is 1. The molecule has 0 aliphatic carbocycles. The molecule has 6 heteroatoms. The van der Waals surface area contributed by atoms with Crippen LogP contribution in [-0.4, -0.2) is 36.2 Å². The van der Waals surface area contributed by atoms with Crippen molar-refractivity contribution >= 4 is 33.3 Å². The summed E-state index contributed by atoms with van der Waals surface area (Å²) in [6.07, 6.45) is 2.06. The van der Waals surface area contributed by atoms with Gasteiger partial charge >= 0.3 is 0 Å². The van der Waals surface area contributed by atoms with Gasteiger partial charge in [-0.05, 0) is 44.2 Å². The van der Waals surface area contributed by atoms with Crippen molar-refractivity contribution in [2.45, 2.75) is 26.1 Å². The van der Waals surface area contributed by atoms with E-state index >= 15 is 0 Å². The van der Waals surface area contributed by atoms with E-state index in [-0.39, 0.29) is 18.1 Å². The summed E-state index contributed by atoms with van der Waals surface area (Å²) in [5.41, 5.74) is 1.28. The van der Waals surface area contributed by atoms with E-state index < -0.39 is 0 Å². The van der Waals surface area contributed by atoms with Gasteiger partial charge in [0.25, 0.3) is 5.91 Å². The second kappa shape index (κ2) is 7.32. The van der Waals surface area contributed by atoms with E-state index in [1.165, 1.54) is 0 Å². The zero-order valence-corrected chi connectivity index (χ0v) is 15.3. The summed E-state index contributed by atoms with van der Waals surface area (Å²) in [6, 6.07) is 11.1. The maximum Gasteiger partial charge on any atom is 0.255 e. The maximum atomic E-state index is 12.3. The highest BCUT2D eigenvalue weighted by Gasteiger charge is 2.23. The molecule has 0 saturated carbocycles. The van der Waals surface area contributed by atoms with Crippen molar-refractivity contribution in [1.29, 1.82) is 0 Å². The first-order valence-corrected chi connectivity index (χ1v) is 8.74. The van der Waals surface area contributed by atoms with Crippen molar-refractivity contribution in [2.75, 3.05) is 23.3 Å². The first-order chi connectivity index (χ1) is 11.5. The predicted molar refractivity (Wildman–Crippen MR) is 98.6 cm³/mol. The topological polar surface area (TPSA) is 54.5 Å². The van der Waals surface area contributed by atoms with Gasteiger partial charge in [-0.25, -0.2) is 4.98 Å². The predicted octanol–water partition coefficient (Wildman–Crippen LogP) is 3.71. The Kier molecular flexibility index (Phi) is 5.16. The summed E-state index contributed by atoms with van der Waals surface area (Å²) in [5.74, 6) is 0.747. The number of morpholine rings is 1. The summed E-state index contributed by atoms with van der Waals surface area (Å²) in [6.45, 7) is 5.77. The molecule has 1 N–H and O–H groups in total. The molecule has 24 heavy (non-hydrogen) atoms. The van der Waals surface area contributed by atoms with Crippen LogP contribution in [0.2, 0.25) is 0 Å². The Morgan fingerprint density at radius 1 is 1.25 bits per heavy atom. The molecule has 1 fully saturated rings. The van der Waals surface area contributed by atoms with Gasteiger partial charge in [0.15, 0.2) is 0 Å². The zero-order valence-electron chi connectivity index (χ0n) is 13.7. The number of halogens is 1. The molecule has 1 amide bonds. The lowest BCUT2D eigenvalue weighted by atomic mass is 10.2. The first kappa shape index (κ1) is 16.9. The molecule has 5 nitrogen and oxygen atoms in total. The van der Waals surface area contributed by atoms with Crippen molar-refractivity contribution in [1.82, 2.24) is 4.98 Å². The summed E-state index contributed by atoms with van der Waals surface area (Å²) in [4.78, 5) is 18.9. The SMILES string of the molecule is CC1CN(c2ccc(NC(=O)c3cccc(Br)c3)cn2)CC(C)O1. The second-order valence-corrected chi connectivity index (χ2v) is 6.95. The van der Waals surface area contributed by atoms with Gasteiger partial charge in [-0.2, -0.15) is 0 Å². The molecule has 126 valence electrons. The molecule has 0 radical (unpaired) electrons. The van der Waals surface area contributed by atoms with Crippen LogP contribution < -0.4 is 10.2 Å². The number of carbonyl (C=O) groups excluding carboxylic acids is 1. The normalized spacial score (nSPS) is 20.7. The largest absolute Gasteiger partial charge is 0.372 e. The van der Waals surface area contributed by atoms with Crippen molar-refractivity contribution < 1.29 is 9.53 Å². The van der Waals surface area contributed by atoms with Gasteiger partial charge in [0.05, 0.1) is 24.1 Å². The molecule has 1 aliphatic rings. The van der Waals surface area contributed by atoms with Gasteiger partial charge < -0.3 is 15.0 Å². The lowest BCUT2D eigenvalue weighted by Gasteiger charge is -2.36. The average Bonchev–Trinajstić information content (AvgIpc) is 2.54. The van der Waals surface area contributed by atoms with Crippen LogP contribution in [0, 0.1) is 0 Å². The van der Waals surface area contributed by atoms with Crippen LogP contribution in [0.1, 0.15) is 24.2 Å². The van der Waals surface area contributed by atoms with Crippen molar-refractivity contribution in [2.24, 2.45) is 0 Å². The van der Waals surface area contributed by atoms with E-state index in [4.69, 9.17) is 4.74 Å². The summed E-state index contributed by atoms with van der Waals surface area (Å²) in [7, 11) is 0. The highest BCUT2D eigenvalue weighted by atomic mass is 79.9. The summed E-state index contributed by atoms with van der Waals surface area (Å²) in [5, 5.41) is 2.87. The van der Waals surface area contributed by atoms with Gasteiger partial charge in [0.1, 0.15) is 5.82 Å². The number of hydrogen-bond acceptors (Lipinski definition) is 4. The summed E-state index contributed by atoms with van der Waals surface area (Å²) >= 11 is 3.37. The quantitative estimate of drug-likeness (QED) is 0.868. The smallest absolute Gasteiger partial charge is 0.255 e. The Labute approximate surface area is 150 Å². The molecule has 0 bridgehead atoms. The number of anilines is 2. The van der Waals surface area contributed by atoms with Crippen LogP contribution in [0.4, 0.5) is 11.5 Å². The van der Waals surface area contributed by atoms with E-state index in [0.717, 1.165) is 23.4 Å². The van der Waals surface area contributed by atoms with E-state index in [2.05, 4.69) is 45.0 Å². The van der Waals surface area contributed by atoms with Gasteiger partial charge in [-0.1, -0.05) is 22.0 Å². The Bertz CT molecular complexity index is 710. The minimum atomic E-state index is -0.153. The molecule has 1 aromatic heterocycles. The van der Waals surface area contributed by atoms with Crippen molar-refractivity contribution in [3.8, 4) is 0 Å². The minimum Gasteiger partial charge on any atom is -0.372 e. The number of aromatic nitrogens is 1. The van der Waals surface area contributed by atoms with Crippen molar-refractivity contribution in [3.63, 3.8) is 0 Å². The molecule has 0 spiro atoms. The Morgan fingerprint density at radius 2 is 2.00 bits per heavy atom. The average molecular weight is 390 g/mol. The number of benzene rings is 1. The first-order valence-electron chi connectivity index (χ1n) is 7.94. The third kappa shape index (κ3) is 4.13. The molecule has 1 aliphatic heterocycles. The van der Waals surface area contributed by atoms with E-state index in [0.29, 0.717) is 11.3 Å². The molecule has 3 rings (SSSR count). The van der Waals surface area contributed by atoms with Crippen molar-refractivity contribution in [3.05, 3.63) is 52.6 Å². The standard InChI is InChI=1S/C18H20BrN3O2/c1-12-10-22(11-13(2)24-12)17-7-6-16(9-20-17)21-18(23)14-4-3-5-15(19)8-14/h3-9,12-13H,10-11H2,1-2H3,(H,21,23). The number of ether oxygens (including phenoxy) is 1. The number of carbonyl (C=O) groups is 1. The summed E-state index contributed by atoms with van der Waals surface area (Å²) < 4.78 is 6.62. The van der Waals surface area contributed by atoms with Gasteiger partial charge in [0, 0.05) is 23.1 Å². The van der Waals surface area contributed by atoms with Crippen LogP contribution in [0.15, 0.2) is 47.1 Å². The number of pyridine rings is 1. The fourth-order valence-electron chi connectivity index (χ4n) is 2.84. The van der Waals surface area contributed by atoms with Crippen LogP contribution in [-0.2, 0) is 4.74 Å². The number of hydrogen-bond donors (Lipinski definition) is 1. The van der Waals surface area contributed by atoms with Crippen LogP contribution in [0.3, 0.4) is 0 Å². The molecule has 2 atom stereocenters. The molecule has 2 unspecified atom stereocenters. The monoisotopic (exact) mass is 389 g/mol. The lowest BCUT2D eigenvalue weighted by molar-refractivity contribution is -0.00545. The molecular weight excluding hydrogens is 370 g/mol. The second-order valence-electron chi connectivity index (χ2n) is 6.03. The Balaban J connectivity index is 1.67. The molecular formula is C18H20BrN3O2. The molecule has 1 saturated heterocycles. The van der Waals surface area contributed by atoms with E-state index in [9.17, 15) is 4.79 Å².